The van der Waals surface area contributed by atoms with E-state index in [-0.39, 0.29) is 11.6 Å². The van der Waals surface area contributed by atoms with Gasteiger partial charge in [0, 0.05) is 23.2 Å². The highest BCUT2D eigenvalue weighted by atomic mass is 16.1. The molecule has 0 fully saturated rings. The molecule has 0 saturated carbocycles. The molecule has 0 atom stereocenters. The minimum Gasteiger partial charge on any atom is -0.295 e. The minimum atomic E-state index is -0.221. The van der Waals surface area contributed by atoms with Crippen molar-refractivity contribution in [3.8, 4) is 17.2 Å². The van der Waals surface area contributed by atoms with Crippen LogP contribution in [-0.2, 0) is 0 Å². The van der Waals surface area contributed by atoms with Gasteiger partial charge in [0.05, 0.1) is 0 Å². The Morgan fingerprint density at radius 1 is 1.14 bits per heavy atom. The van der Waals surface area contributed by atoms with Gasteiger partial charge in [0.15, 0.2) is 0 Å². The van der Waals surface area contributed by atoms with Crippen molar-refractivity contribution in [3.05, 3.63) is 64.7 Å². The van der Waals surface area contributed by atoms with Gasteiger partial charge in [-0.3, -0.25) is 14.3 Å². The SMILES string of the molecule is CC(C)n1c(C#N)c(-c2ccccc2)c2cccnc2c1=O. The highest BCUT2D eigenvalue weighted by Gasteiger charge is 2.19. The molecule has 0 spiro atoms. The third-order valence-electron chi connectivity index (χ3n) is 3.66. The van der Waals surface area contributed by atoms with Crippen LogP contribution in [0.5, 0.6) is 0 Å². The van der Waals surface area contributed by atoms with Gasteiger partial charge in [-0.1, -0.05) is 36.4 Å². The largest absolute Gasteiger partial charge is 0.295 e. The van der Waals surface area contributed by atoms with E-state index in [0.717, 1.165) is 11.1 Å². The van der Waals surface area contributed by atoms with Crippen molar-refractivity contribution in [3.63, 3.8) is 0 Å². The molecule has 22 heavy (non-hydrogen) atoms. The van der Waals surface area contributed by atoms with Gasteiger partial charge in [-0.25, -0.2) is 0 Å². The summed E-state index contributed by atoms with van der Waals surface area (Å²) in [4.78, 5) is 16.9. The first-order chi connectivity index (χ1) is 10.6. The summed E-state index contributed by atoms with van der Waals surface area (Å²) in [6.07, 6.45) is 1.61. The lowest BCUT2D eigenvalue weighted by Gasteiger charge is -2.17. The van der Waals surface area contributed by atoms with E-state index in [1.165, 1.54) is 4.57 Å². The van der Waals surface area contributed by atoms with Gasteiger partial charge in [0.1, 0.15) is 17.3 Å². The van der Waals surface area contributed by atoms with Gasteiger partial charge in [-0.15, -0.1) is 0 Å². The number of nitrogens with zero attached hydrogens (tertiary/aromatic N) is 3. The Morgan fingerprint density at radius 3 is 2.50 bits per heavy atom. The first kappa shape index (κ1) is 14.0. The van der Waals surface area contributed by atoms with E-state index in [1.54, 1.807) is 12.3 Å². The summed E-state index contributed by atoms with van der Waals surface area (Å²) in [5, 5.41) is 10.4. The van der Waals surface area contributed by atoms with Gasteiger partial charge >= 0.3 is 0 Å². The Labute approximate surface area is 128 Å². The van der Waals surface area contributed by atoms with Crippen molar-refractivity contribution in [1.29, 1.82) is 5.26 Å². The molecule has 0 aliphatic carbocycles. The summed E-state index contributed by atoms with van der Waals surface area (Å²) in [5.41, 5.74) is 2.23. The lowest BCUT2D eigenvalue weighted by molar-refractivity contribution is 0.576. The van der Waals surface area contributed by atoms with Crippen LogP contribution in [0.3, 0.4) is 0 Å². The second-order valence-corrected chi connectivity index (χ2v) is 5.37. The number of rotatable bonds is 2. The molecule has 0 amide bonds. The van der Waals surface area contributed by atoms with Gasteiger partial charge in [-0.2, -0.15) is 5.26 Å². The molecule has 0 radical (unpaired) electrons. The molecule has 1 aromatic carbocycles. The lowest BCUT2D eigenvalue weighted by atomic mass is 9.98. The maximum Gasteiger partial charge on any atom is 0.278 e. The summed E-state index contributed by atoms with van der Waals surface area (Å²) in [5.74, 6) is 0. The Balaban J connectivity index is 2.57. The van der Waals surface area contributed by atoms with Crippen LogP contribution >= 0.6 is 0 Å². The first-order valence-electron chi connectivity index (χ1n) is 7.14. The maximum atomic E-state index is 12.7. The van der Waals surface area contributed by atoms with Crippen LogP contribution in [0.2, 0.25) is 0 Å². The van der Waals surface area contributed by atoms with Crippen LogP contribution in [-0.4, -0.2) is 9.55 Å². The van der Waals surface area contributed by atoms with Crippen LogP contribution in [0, 0.1) is 11.3 Å². The maximum absolute atomic E-state index is 12.7. The van der Waals surface area contributed by atoms with Crippen molar-refractivity contribution in [2.45, 2.75) is 19.9 Å². The topological polar surface area (TPSA) is 58.7 Å². The van der Waals surface area contributed by atoms with E-state index in [4.69, 9.17) is 0 Å². The Bertz CT molecular complexity index is 934. The molecule has 3 rings (SSSR count). The highest BCUT2D eigenvalue weighted by molar-refractivity contribution is 5.96. The van der Waals surface area contributed by atoms with E-state index in [9.17, 15) is 10.1 Å². The molecular formula is C18H15N3O. The molecule has 3 aromatic rings. The molecule has 0 N–H and O–H groups in total. The zero-order chi connectivity index (χ0) is 15.7. The number of hydrogen-bond acceptors (Lipinski definition) is 3. The summed E-state index contributed by atoms with van der Waals surface area (Å²) in [7, 11) is 0. The predicted octanol–water partition coefficient (Wildman–Crippen LogP) is 3.52. The number of hydrogen-bond donors (Lipinski definition) is 0. The summed E-state index contributed by atoms with van der Waals surface area (Å²) in [6, 6.07) is 15.4. The van der Waals surface area contributed by atoms with Gasteiger partial charge in [0.2, 0.25) is 0 Å². The number of benzene rings is 1. The van der Waals surface area contributed by atoms with E-state index in [2.05, 4.69) is 11.1 Å². The molecule has 0 unspecified atom stereocenters. The summed E-state index contributed by atoms with van der Waals surface area (Å²) >= 11 is 0. The van der Waals surface area contributed by atoms with Gasteiger partial charge in [-0.05, 0) is 25.5 Å². The normalized spacial score (nSPS) is 10.8. The van der Waals surface area contributed by atoms with Crippen molar-refractivity contribution < 1.29 is 0 Å². The summed E-state index contributed by atoms with van der Waals surface area (Å²) < 4.78 is 1.53. The van der Waals surface area contributed by atoms with E-state index < -0.39 is 0 Å². The Hall–Kier alpha value is -2.93. The lowest BCUT2D eigenvalue weighted by Crippen LogP contribution is -2.26. The van der Waals surface area contributed by atoms with E-state index in [0.29, 0.717) is 16.6 Å². The molecule has 4 heteroatoms. The van der Waals surface area contributed by atoms with Crippen LogP contribution in [0.1, 0.15) is 25.6 Å². The van der Waals surface area contributed by atoms with Crippen molar-refractivity contribution >= 4 is 10.9 Å². The average molecular weight is 289 g/mol. The highest BCUT2D eigenvalue weighted by Crippen LogP contribution is 2.30. The second kappa shape index (κ2) is 5.45. The standard InChI is InChI=1S/C18H15N3O/c1-12(2)21-15(11-19)16(13-7-4-3-5-8-13)14-9-6-10-20-17(14)18(21)22/h3-10,12H,1-2H3. The Morgan fingerprint density at radius 2 is 1.86 bits per heavy atom. The van der Waals surface area contributed by atoms with Crippen molar-refractivity contribution in [1.82, 2.24) is 9.55 Å². The fourth-order valence-electron chi connectivity index (χ4n) is 2.74. The van der Waals surface area contributed by atoms with Crippen molar-refractivity contribution in [2.24, 2.45) is 0 Å². The van der Waals surface area contributed by atoms with Crippen LogP contribution in [0.15, 0.2) is 53.5 Å². The fourth-order valence-corrected chi connectivity index (χ4v) is 2.74. The molecule has 4 nitrogen and oxygen atoms in total. The third-order valence-corrected chi connectivity index (χ3v) is 3.66. The monoisotopic (exact) mass is 289 g/mol. The number of aromatic nitrogens is 2. The van der Waals surface area contributed by atoms with Crippen LogP contribution in [0.4, 0.5) is 0 Å². The quantitative estimate of drug-likeness (QED) is 0.725. The van der Waals surface area contributed by atoms with E-state index in [1.807, 2.05) is 50.2 Å². The van der Waals surface area contributed by atoms with Crippen LogP contribution in [0.25, 0.3) is 22.0 Å². The molecule has 2 aromatic heterocycles. The summed E-state index contributed by atoms with van der Waals surface area (Å²) in [6.45, 7) is 3.79. The predicted molar refractivity (Wildman–Crippen MR) is 86.5 cm³/mol. The van der Waals surface area contributed by atoms with Gasteiger partial charge < -0.3 is 0 Å². The average Bonchev–Trinajstić information content (AvgIpc) is 2.55. The zero-order valence-corrected chi connectivity index (χ0v) is 12.4. The molecule has 108 valence electrons. The fraction of sp³-hybridized carbons (Fsp3) is 0.167. The molecule has 0 aliphatic rings. The van der Waals surface area contributed by atoms with Gasteiger partial charge in [0.25, 0.3) is 5.56 Å². The van der Waals surface area contributed by atoms with E-state index >= 15 is 0 Å². The van der Waals surface area contributed by atoms with Crippen LogP contribution < -0.4 is 5.56 Å². The third kappa shape index (κ3) is 2.08. The molecule has 2 heterocycles. The smallest absolute Gasteiger partial charge is 0.278 e. The first-order valence-corrected chi connectivity index (χ1v) is 7.14. The minimum absolute atomic E-state index is 0.115. The number of pyridine rings is 2. The molecule has 0 saturated heterocycles. The number of fused-ring (bicyclic) bond motifs is 1. The second-order valence-electron chi connectivity index (χ2n) is 5.37. The molecule has 0 bridgehead atoms. The number of nitriles is 1. The molecule has 0 aliphatic heterocycles. The van der Waals surface area contributed by atoms with Crippen molar-refractivity contribution in [2.75, 3.05) is 0 Å². The molecular weight excluding hydrogens is 274 g/mol. The Kier molecular flexibility index (Phi) is 3.48. The zero-order valence-electron chi connectivity index (χ0n) is 12.4.